The molecule has 0 aliphatic carbocycles. The molecule has 2 unspecified atom stereocenters. The van der Waals surface area contributed by atoms with Gasteiger partial charge in [0, 0.05) is 16.6 Å². The van der Waals surface area contributed by atoms with Crippen LogP contribution < -0.4 is 4.74 Å². The Bertz CT molecular complexity index is 337. The van der Waals surface area contributed by atoms with E-state index >= 15 is 0 Å². The molecule has 0 spiro atoms. The number of thioether (sulfide) groups is 1. The Morgan fingerprint density at radius 3 is 2.62 bits per heavy atom. The molecule has 0 fully saturated rings. The Balaban J connectivity index is 2.68. The topological polar surface area (TPSA) is 29.5 Å². The Kier molecular flexibility index (Phi) is 5.16. The Labute approximate surface area is 102 Å². The normalized spacial score (nSPS) is 14.6. The molecule has 1 aromatic carbocycles. The standard InChI is InChI=1S/C13H20O2S/c1-9-5-6-13(15-4)12(7-9)8-16-11(3)10(2)14/h5-7,10-11,14H,8H2,1-4H3. The van der Waals surface area contributed by atoms with Crippen molar-refractivity contribution in [3.63, 3.8) is 0 Å². The molecule has 2 atom stereocenters. The van der Waals surface area contributed by atoms with E-state index in [1.165, 1.54) is 11.1 Å². The van der Waals surface area contributed by atoms with Gasteiger partial charge >= 0.3 is 0 Å². The molecular weight excluding hydrogens is 220 g/mol. The van der Waals surface area contributed by atoms with Gasteiger partial charge < -0.3 is 9.84 Å². The van der Waals surface area contributed by atoms with Gasteiger partial charge in [0.1, 0.15) is 5.75 Å². The van der Waals surface area contributed by atoms with Gasteiger partial charge in [0.2, 0.25) is 0 Å². The minimum atomic E-state index is -0.277. The van der Waals surface area contributed by atoms with E-state index in [2.05, 4.69) is 13.0 Å². The van der Waals surface area contributed by atoms with E-state index in [0.29, 0.717) is 0 Å². The molecule has 0 aliphatic heterocycles. The lowest BCUT2D eigenvalue weighted by molar-refractivity contribution is 0.196. The van der Waals surface area contributed by atoms with Crippen molar-refractivity contribution in [2.45, 2.75) is 37.9 Å². The number of aryl methyl sites for hydroxylation is 1. The van der Waals surface area contributed by atoms with E-state index in [0.717, 1.165) is 11.5 Å². The second-order valence-electron chi connectivity index (χ2n) is 4.07. The maximum atomic E-state index is 9.43. The molecule has 16 heavy (non-hydrogen) atoms. The van der Waals surface area contributed by atoms with E-state index in [1.54, 1.807) is 18.9 Å². The third-order valence-electron chi connectivity index (χ3n) is 2.62. The van der Waals surface area contributed by atoms with Gasteiger partial charge in [-0.2, -0.15) is 11.8 Å². The highest BCUT2D eigenvalue weighted by atomic mass is 32.2. The molecule has 0 bridgehead atoms. The van der Waals surface area contributed by atoms with Gasteiger partial charge in [0.15, 0.2) is 0 Å². The smallest absolute Gasteiger partial charge is 0.122 e. The third kappa shape index (κ3) is 3.72. The van der Waals surface area contributed by atoms with Crippen molar-refractivity contribution in [3.8, 4) is 5.75 Å². The van der Waals surface area contributed by atoms with Crippen LogP contribution in [0.1, 0.15) is 25.0 Å². The van der Waals surface area contributed by atoms with Crippen LogP contribution in [0, 0.1) is 6.92 Å². The van der Waals surface area contributed by atoms with Crippen molar-refractivity contribution in [2.75, 3.05) is 7.11 Å². The average molecular weight is 240 g/mol. The van der Waals surface area contributed by atoms with E-state index in [1.807, 2.05) is 26.0 Å². The van der Waals surface area contributed by atoms with E-state index in [9.17, 15) is 5.11 Å². The highest BCUT2D eigenvalue weighted by Crippen LogP contribution is 2.27. The first-order valence-electron chi connectivity index (χ1n) is 5.47. The predicted molar refractivity (Wildman–Crippen MR) is 70.2 cm³/mol. The maximum Gasteiger partial charge on any atom is 0.122 e. The Hall–Kier alpha value is -0.670. The van der Waals surface area contributed by atoms with Crippen LogP contribution >= 0.6 is 11.8 Å². The zero-order chi connectivity index (χ0) is 12.1. The van der Waals surface area contributed by atoms with Crippen molar-refractivity contribution in [1.82, 2.24) is 0 Å². The second kappa shape index (κ2) is 6.16. The van der Waals surface area contributed by atoms with Crippen LogP contribution in [0.25, 0.3) is 0 Å². The van der Waals surface area contributed by atoms with Gasteiger partial charge in [0.25, 0.3) is 0 Å². The largest absolute Gasteiger partial charge is 0.496 e. The van der Waals surface area contributed by atoms with Gasteiger partial charge in [0.05, 0.1) is 13.2 Å². The van der Waals surface area contributed by atoms with Gasteiger partial charge in [-0.25, -0.2) is 0 Å². The summed E-state index contributed by atoms with van der Waals surface area (Å²) in [5.74, 6) is 1.80. The average Bonchev–Trinajstić information content (AvgIpc) is 2.25. The fourth-order valence-electron chi connectivity index (χ4n) is 1.38. The molecule has 0 saturated heterocycles. The van der Waals surface area contributed by atoms with E-state index in [4.69, 9.17) is 4.74 Å². The third-order valence-corrected chi connectivity index (χ3v) is 4.01. The highest BCUT2D eigenvalue weighted by Gasteiger charge is 2.11. The number of hydrogen-bond donors (Lipinski definition) is 1. The summed E-state index contributed by atoms with van der Waals surface area (Å²) in [6, 6.07) is 6.18. The zero-order valence-electron chi connectivity index (χ0n) is 10.4. The summed E-state index contributed by atoms with van der Waals surface area (Å²) in [7, 11) is 1.69. The lowest BCUT2D eigenvalue weighted by atomic mass is 10.1. The molecule has 1 aromatic rings. The molecule has 2 nitrogen and oxygen atoms in total. The van der Waals surface area contributed by atoms with Crippen molar-refractivity contribution in [2.24, 2.45) is 0 Å². The summed E-state index contributed by atoms with van der Waals surface area (Å²) in [6.45, 7) is 5.94. The number of ether oxygens (including phenoxy) is 1. The van der Waals surface area contributed by atoms with Gasteiger partial charge in [-0.3, -0.25) is 0 Å². The van der Waals surface area contributed by atoms with Crippen molar-refractivity contribution in [3.05, 3.63) is 29.3 Å². The quantitative estimate of drug-likeness (QED) is 0.858. The van der Waals surface area contributed by atoms with Crippen molar-refractivity contribution in [1.29, 1.82) is 0 Å². The molecule has 0 saturated carbocycles. The van der Waals surface area contributed by atoms with Crippen LogP contribution in [0.3, 0.4) is 0 Å². The molecule has 1 N–H and O–H groups in total. The number of methoxy groups -OCH3 is 1. The van der Waals surface area contributed by atoms with Crippen LogP contribution in [0.2, 0.25) is 0 Å². The lowest BCUT2D eigenvalue weighted by Crippen LogP contribution is -2.15. The number of hydrogen-bond acceptors (Lipinski definition) is 3. The second-order valence-corrected chi connectivity index (χ2v) is 5.44. The summed E-state index contributed by atoms with van der Waals surface area (Å²) in [5.41, 5.74) is 2.43. The first-order chi connectivity index (χ1) is 7.54. The SMILES string of the molecule is COc1ccc(C)cc1CSC(C)C(C)O. The molecule has 0 heterocycles. The van der Waals surface area contributed by atoms with Crippen molar-refractivity contribution >= 4 is 11.8 Å². The van der Waals surface area contributed by atoms with Crippen LogP contribution in [-0.4, -0.2) is 23.6 Å². The number of rotatable bonds is 5. The minimum Gasteiger partial charge on any atom is -0.496 e. The maximum absolute atomic E-state index is 9.43. The predicted octanol–water partition coefficient (Wildman–Crippen LogP) is 3.01. The van der Waals surface area contributed by atoms with Gasteiger partial charge in [-0.05, 0) is 19.9 Å². The molecule has 0 aromatic heterocycles. The van der Waals surface area contributed by atoms with Gasteiger partial charge in [-0.15, -0.1) is 0 Å². The summed E-state index contributed by atoms with van der Waals surface area (Å²) in [6.07, 6.45) is -0.277. The monoisotopic (exact) mass is 240 g/mol. The number of aliphatic hydroxyl groups is 1. The number of benzene rings is 1. The van der Waals surface area contributed by atoms with Crippen LogP contribution in [-0.2, 0) is 5.75 Å². The molecule has 90 valence electrons. The van der Waals surface area contributed by atoms with Gasteiger partial charge in [-0.1, -0.05) is 24.6 Å². The fraction of sp³-hybridized carbons (Fsp3) is 0.538. The summed E-state index contributed by atoms with van der Waals surface area (Å²) in [4.78, 5) is 0. The van der Waals surface area contributed by atoms with Crippen LogP contribution in [0.4, 0.5) is 0 Å². The highest BCUT2D eigenvalue weighted by molar-refractivity contribution is 7.99. The Morgan fingerprint density at radius 1 is 1.38 bits per heavy atom. The first kappa shape index (κ1) is 13.4. The van der Waals surface area contributed by atoms with Crippen molar-refractivity contribution < 1.29 is 9.84 Å². The number of aliphatic hydroxyl groups excluding tert-OH is 1. The molecular formula is C13H20O2S. The molecule has 1 rings (SSSR count). The molecule has 0 amide bonds. The minimum absolute atomic E-state index is 0.241. The lowest BCUT2D eigenvalue weighted by Gasteiger charge is -2.15. The summed E-state index contributed by atoms with van der Waals surface area (Å²) < 4.78 is 5.32. The van der Waals surface area contributed by atoms with E-state index < -0.39 is 0 Å². The summed E-state index contributed by atoms with van der Waals surface area (Å²) in [5, 5.41) is 9.67. The first-order valence-corrected chi connectivity index (χ1v) is 6.52. The zero-order valence-corrected chi connectivity index (χ0v) is 11.2. The summed E-state index contributed by atoms with van der Waals surface area (Å²) >= 11 is 1.75. The molecule has 0 radical (unpaired) electrons. The Morgan fingerprint density at radius 2 is 2.06 bits per heavy atom. The molecule has 0 aliphatic rings. The van der Waals surface area contributed by atoms with E-state index in [-0.39, 0.29) is 11.4 Å². The molecule has 3 heteroatoms. The van der Waals surface area contributed by atoms with Crippen LogP contribution in [0.5, 0.6) is 5.75 Å². The van der Waals surface area contributed by atoms with Crippen LogP contribution in [0.15, 0.2) is 18.2 Å². The fourth-order valence-corrected chi connectivity index (χ4v) is 2.33.